The van der Waals surface area contributed by atoms with Gasteiger partial charge in [-0.25, -0.2) is 0 Å². The van der Waals surface area contributed by atoms with E-state index in [0.29, 0.717) is 18.7 Å². The van der Waals surface area contributed by atoms with Crippen molar-refractivity contribution in [2.75, 3.05) is 13.2 Å². The molecular formula is C18H19NO3. The molecule has 0 N–H and O–H groups in total. The van der Waals surface area contributed by atoms with Gasteiger partial charge in [0.05, 0.1) is 6.61 Å². The summed E-state index contributed by atoms with van der Waals surface area (Å²) in [4.78, 5) is 25.9. The Kier molecular flexibility index (Phi) is 5.72. The molecule has 0 spiro atoms. The molecular weight excluding hydrogens is 278 g/mol. The van der Waals surface area contributed by atoms with E-state index >= 15 is 0 Å². The highest BCUT2D eigenvalue weighted by Gasteiger charge is 2.19. The summed E-state index contributed by atoms with van der Waals surface area (Å²) in [5, 5.41) is 0. The number of ether oxygens (including phenoxy) is 1. The molecule has 2 aromatic carbocycles. The summed E-state index contributed by atoms with van der Waals surface area (Å²) in [6, 6.07) is 18.5. The minimum Gasteiger partial charge on any atom is -0.465 e. The molecule has 0 unspecified atom stereocenters. The molecule has 4 heteroatoms. The second kappa shape index (κ2) is 7.98. The Hall–Kier alpha value is -2.62. The van der Waals surface area contributed by atoms with Crippen molar-refractivity contribution in [3.05, 3.63) is 71.8 Å². The number of esters is 1. The Morgan fingerprint density at radius 3 is 2.14 bits per heavy atom. The highest BCUT2D eigenvalue weighted by atomic mass is 16.5. The first kappa shape index (κ1) is 15.8. The molecule has 22 heavy (non-hydrogen) atoms. The summed E-state index contributed by atoms with van der Waals surface area (Å²) in [5.41, 5.74) is 1.53. The number of nitrogens with zero attached hydrogens (tertiary/aromatic N) is 1. The SMILES string of the molecule is CCOC(=O)CN(Cc1ccccc1)C(=O)c1ccccc1. The molecule has 0 aliphatic rings. The Balaban J connectivity index is 2.17. The predicted molar refractivity (Wildman–Crippen MR) is 84.3 cm³/mol. The number of hydrogen-bond donors (Lipinski definition) is 0. The third-order valence-corrected chi connectivity index (χ3v) is 3.15. The van der Waals surface area contributed by atoms with Crippen LogP contribution in [0.4, 0.5) is 0 Å². The number of benzene rings is 2. The lowest BCUT2D eigenvalue weighted by Gasteiger charge is -2.22. The molecule has 1 amide bonds. The lowest BCUT2D eigenvalue weighted by molar-refractivity contribution is -0.143. The topological polar surface area (TPSA) is 46.6 Å². The van der Waals surface area contributed by atoms with Crippen molar-refractivity contribution in [2.45, 2.75) is 13.5 Å². The van der Waals surface area contributed by atoms with Crippen LogP contribution in [0.1, 0.15) is 22.8 Å². The molecule has 0 aliphatic carbocycles. The number of hydrogen-bond acceptors (Lipinski definition) is 3. The predicted octanol–water partition coefficient (Wildman–Crippen LogP) is 2.89. The van der Waals surface area contributed by atoms with E-state index < -0.39 is 5.97 Å². The second-order valence-corrected chi connectivity index (χ2v) is 4.82. The quantitative estimate of drug-likeness (QED) is 0.770. The van der Waals surface area contributed by atoms with Crippen molar-refractivity contribution >= 4 is 11.9 Å². The molecule has 0 bridgehead atoms. The van der Waals surface area contributed by atoms with E-state index in [9.17, 15) is 9.59 Å². The summed E-state index contributed by atoms with van der Waals surface area (Å²) in [6.45, 7) is 2.36. The van der Waals surface area contributed by atoms with Crippen molar-refractivity contribution in [1.29, 1.82) is 0 Å². The first-order valence-electron chi connectivity index (χ1n) is 7.24. The van der Waals surface area contributed by atoms with Gasteiger partial charge in [0.15, 0.2) is 0 Å². The van der Waals surface area contributed by atoms with E-state index in [1.807, 2.05) is 36.4 Å². The van der Waals surface area contributed by atoms with E-state index in [-0.39, 0.29) is 12.5 Å². The third-order valence-electron chi connectivity index (χ3n) is 3.15. The van der Waals surface area contributed by atoms with Gasteiger partial charge in [-0.15, -0.1) is 0 Å². The molecule has 0 saturated carbocycles. The number of carbonyl (C=O) groups excluding carboxylic acids is 2. The van der Waals surface area contributed by atoms with E-state index in [1.54, 1.807) is 31.2 Å². The molecule has 114 valence electrons. The maximum absolute atomic E-state index is 12.6. The van der Waals surface area contributed by atoms with Crippen molar-refractivity contribution in [1.82, 2.24) is 4.90 Å². The van der Waals surface area contributed by atoms with Crippen LogP contribution in [0.2, 0.25) is 0 Å². The number of rotatable bonds is 6. The molecule has 0 aromatic heterocycles. The summed E-state index contributed by atoms with van der Waals surface area (Å²) >= 11 is 0. The third kappa shape index (κ3) is 4.45. The van der Waals surface area contributed by atoms with Crippen LogP contribution in [0.3, 0.4) is 0 Å². The van der Waals surface area contributed by atoms with E-state index in [2.05, 4.69) is 0 Å². The van der Waals surface area contributed by atoms with Gasteiger partial charge >= 0.3 is 5.97 Å². The number of amides is 1. The van der Waals surface area contributed by atoms with E-state index in [1.165, 1.54) is 4.90 Å². The van der Waals surface area contributed by atoms with Crippen molar-refractivity contribution < 1.29 is 14.3 Å². The van der Waals surface area contributed by atoms with Crippen LogP contribution >= 0.6 is 0 Å². The smallest absolute Gasteiger partial charge is 0.325 e. The fraction of sp³-hybridized carbons (Fsp3) is 0.222. The van der Waals surface area contributed by atoms with Crippen LogP contribution in [0.25, 0.3) is 0 Å². The second-order valence-electron chi connectivity index (χ2n) is 4.82. The van der Waals surface area contributed by atoms with Gasteiger partial charge in [0.1, 0.15) is 6.54 Å². The molecule has 0 aliphatic heterocycles. The highest BCUT2D eigenvalue weighted by molar-refractivity contribution is 5.95. The maximum atomic E-state index is 12.6. The van der Waals surface area contributed by atoms with Gasteiger partial charge in [0, 0.05) is 12.1 Å². The number of carbonyl (C=O) groups is 2. The van der Waals surface area contributed by atoms with Crippen LogP contribution in [0, 0.1) is 0 Å². The van der Waals surface area contributed by atoms with Gasteiger partial charge in [0.25, 0.3) is 5.91 Å². The van der Waals surface area contributed by atoms with Gasteiger partial charge in [0.2, 0.25) is 0 Å². The Morgan fingerprint density at radius 2 is 1.55 bits per heavy atom. The minimum absolute atomic E-state index is 0.0591. The summed E-state index contributed by atoms with van der Waals surface area (Å²) in [5.74, 6) is -0.583. The monoisotopic (exact) mass is 297 g/mol. The van der Waals surface area contributed by atoms with Gasteiger partial charge < -0.3 is 9.64 Å². The first-order valence-corrected chi connectivity index (χ1v) is 7.24. The Morgan fingerprint density at radius 1 is 0.955 bits per heavy atom. The van der Waals surface area contributed by atoms with Crippen LogP contribution in [-0.4, -0.2) is 29.9 Å². The summed E-state index contributed by atoms with van der Waals surface area (Å²) in [6.07, 6.45) is 0. The largest absolute Gasteiger partial charge is 0.465 e. The lowest BCUT2D eigenvalue weighted by Crippen LogP contribution is -2.36. The Bertz CT molecular complexity index is 611. The average Bonchev–Trinajstić information content (AvgIpc) is 2.55. The molecule has 0 fully saturated rings. The molecule has 0 saturated heterocycles. The zero-order valence-electron chi connectivity index (χ0n) is 12.6. The standard InChI is InChI=1S/C18H19NO3/c1-2-22-17(20)14-19(13-15-9-5-3-6-10-15)18(21)16-11-7-4-8-12-16/h3-12H,2,13-14H2,1H3. The van der Waals surface area contributed by atoms with Gasteiger partial charge in [-0.2, -0.15) is 0 Å². The maximum Gasteiger partial charge on any atom is 0.325 e. The minimum atomic E-state index is -0.400. The summed E-state index contributed by atoms with van der Waals surface area (Å²) in [7, 11) is 0. The van der Waals surface area contributed by atoms with Gasteiger partial charge in [-0.1, -0.05) is 48.5 Å². The molecule has 4 nitrogen and oxygen atoms in total. The summed E-state index contributed by atoms with van der Waals surface area (Å²) < 4.78 is 4.96. The van der Waals surface area contributed by atoms with Crippen molar-refractivity contribution in [3.63, 3.8) is 0 Å². The lowest BCUT2D eigenvalue weighted by atomic mass is 10.1. The molecule has 0 radical (unpaired) electrons. The van der Waals surface area contributed by atoms with Crippen LogP contribution < -0.4 is 0 Å². The normalized spacial score (nSPS) is 10.0. The van der Waals surface area contributed by atoms with Gasteiger partial charge in [-0.05, 0) is 24.6 Å². The zero-order valence-corrected chi connectivity index (χ0v) is 12.6. The fourth-order valence-electron chi connectivity index (χ4n) is 2.13. The fourth-order valence-corrected chi connectivity index (χ4v) is 2.13. The zero-order chi connectivity index (χ0) is 15.8. The molecule has 2 rings (SSSR count). The van der Waals surface area contributed by atoms with Crippen molar-refractivity contribution in [3.8, 4) is 0 Å². The van der Waals surface area contributed by atoms with Crippen LogP contribution in [-0.2, 0) is 16.1 Å². The molecule has 0 heterocycles. The average molecular weight is 297 g/mol. The van der Waals surface area contributed by atoms with Crippen LogP contribution in [0.5, 0.6) is 0 Å². The Labute approximate surface area is 130 Å². The highest BCUT2D eigenvalue weighted by Crippen LogP contribution is 2.10. The van der Waals surface area contributed by atoms with Crippen molar-refractivity contribution in [2.24, 2.45) is 0 Å². The van der Waals surface area contributed by atoms with Gasteiger partial charge in [-0.3, -0.25) is 9.59 Å². The molecule has 2 aromatic rings. The van der Waals surface area contributed by atoms with E-state index in [0.717, 1.165) is 5.56 Å². The molecule has 0 atom stereocenters. The van der Waals surface area contributed by atoms with Crippen LogP contribution in [0.15, 0.2) is 60.7 Å². The first-order chi connectivity index (χ1) is 10.7. The van der Waals surface area contributed by atoms with E-state index in [4.69, 9.17) is 4.74 Å².